The molecule has 136 valence electrons. The van der Waals surface area contributed by atoms with Crippen LogP contribution in [-0.2, 0) is 11.3 Å². The van der Waals surface area contributed by atoms with Crippen molar-refractivity contribution >= 4 is 5.91 Å². The van der Waals surface area contributed by atoms with E-state index < -0.39 is 0 Å². The zero-order chi connectivity index (χ0) is 17.4. The summed E-state index contributed by atoms with van der Waals surface area (Å²) in [5, 5.41) is 19.2. The van der Waals surface area contributed by atoms with E-state index in [1.165, 1.54) is 5.56 Å². The van der Waals surface area contributed by atoms with Crippen molar-refractivity contribution in [2.24, 2.45) is 0 Å². The van der Waals surface area contributed by atoms with Crippen LogP contribution in [0.4, 0.5) is 0 Å². The molecule has 0 aliphatic carbocycles. The molecule has 1 aromatic rings. The third-order valence-corrected chi connectivity index (χ3v) is 5.77. The van der Waals surface area contributed by atoms with Gasteiger partial charge in [0, 0.05) is 64.1 Å². The number of aliphatic hydroxyl groups excluding tert-OH is 2. The van der Waals surface area contributed by atoms with Crippen molar-refractivity contribution in [3.63, 3.8) is 0 Å². The van der Waals surface area contributed by atoms with Crippen LogP contribution in [0, 0.1) is 0 Å². The van der Waals surface area contributed by atoms with Crippen molar-refractivity contribution in [2.45, 2.75) is 37.1 Å². The number of pyridine rings is 1. The lowest BCUT2D eigenvalue weighted by molar-refractivity contribution is -0.157. The molecule has 4 heterocycles. The molecular weight excluding hydrogens is 320 g/mol. The number of β-amino-alcohol motifs (C(OH)–C–C–N with tert-alkyl or cyclic N) is 1. The number of hydrogen-bond donors (Lipinski definition) is 2. The Kier molecular flexibility index (Phi) is 4.49. The Bertz CT molecular complexity index is 620. The highest BCUT2D eigenvalue weighted by molar-refractivity contribution is 5.77. The van der Waals surface area contributed by atoms with Crippen molar-refractivity contribution in [2.75, 3.05) is 39.3 Å². The summed E-state index contributed by atoms with van der Waals surface area (Å²) < 4.78 is 0. The molecule has 0 aromatic carbocycles. The Labute approximate surface area is 147 Å². The molecule has 7 nitrogen and oxygen atoms in total. The van der Waals surface area contributed by atoms with Crippen LogP contribution in [0.5, 0.6) is 0 Å². The molecule has 2 atom stereocenters. The van der Waals surface area contributed by atoms with Gasteiger partial charge in [-0.25, -0.2) is 0 Å². The summed E-state index contributed by atoms with van der Waals surface area (Å²) in [5.41, 5.74) is 1.13. The lowest BCUT2D eigenvalue weighted by atomic mass is 9.83. The lowest BCUT2D eigenvalue weighted by Gasteiger charge is -2.61. The standard InChI is InChI=1S/C18H26N4O3/c23-5-3-17(25)21-12-18(13-21)11-20(8-14-2-1-4-19-7-14)9-15-6-16(24)10-22(15)18/h1-2,4,7,15-16,23-24H,3,5-6,8-13H2/t15-,16+/m0/s1. The highest BCUT2D eigenvalue weighted by Crippen LogP contribution is 2.39. The number of carbonyl (C=O) groups excluding carboxylic acids is 1. The molecule has 3 fully saturated rings. The van der Waals surface area contributed by atoms with Crippen LogP contribution in [0.2, 0.25) is 0 Å². The number of aliphatic hydroxyl groups is 2. The lowest BCUT2D eigenvalue weighted by Crippen LogP contribution is -2.78. The number of amides is 1. The van der Waals surface area contributed by atoms with E-state index in [9.17, 15) is 9.90 Å². The molecule has 4 rings (SSSR count). The molecule has 3 aliphatic heterocycles. The molecule has 25 heavy (non-hydrogen) atoms. The van der Waals surface area contributed by atoms with Gasteiger partial charge in [0.05, 0.1) is 18.2 Å². The highest BCUT2D eigenvalue weighted by Gasteiger charge is 2.56. The predicted molar refractivity (Wildman–Crippen MR) is 91.6 cm³/mol. The number of nitrogens with zero attached hydrogens (tertiary/aromatic N) is 4. The minimum atomic E-state index is -0.276. The molecule has 0 unspecified atom stereocenters. The molecule has 0 bridgehead atoms. The zero-order valence-electron chi connectivity index (χ0n) is 14.4. The van der Waals surface area contributed by atoms with E-state index in [0.29, 0.717) is 25.7 Å². The molecule has 0 radical (unpaired) electrons. The SMILES string of the molecule is O=C(CCO)N1CC2(CN(Cc3cccnc3)C[C@@H]3C[C@@H](O)CN32)C1. The molecule has 1 amide bonds. The summed E-state index contributed by atoms with van der Waals surface area (Å²) >= 11 is 0. The normalized spacial score (nSPS) is 28.8. The van der Waals surface area contributed by atoms with E-state index in [0.717, 1.165) is 26.1 Å². The van der Waals surface area contributed by atoms with E-state index in [-0.39, 0.29) is 30.6 Å². The number of likely N-dealkylation sites (tertiary alicyclic amines) is 1. The number of carbonyl (C=O) groups is 1. The first-order chi connectivity index (χ1) is 12.1. The Morgan fingerprint density at radius 1 is 1.32 bits per heavy atom. The molecule has 2 N–H and O–H groups in total. The van der Waals surface area contributed by atoms with Gasteiger partial charge in [-0.2, -0.15) is 0 Å². The maximum atomic E-state index is 12.1. The number of fused-ring (bicyclic) bond motifs is 2. The van der Waals surface area contributed by atoms with Crippen LogP contribution in [0.1, 0.15) is 18.4 Å². The van der Waals surface area contributed by atoms with Crippen LogP contribution in [-0.4, -0.2) is 92.8 Å². The Morgan fingerprint density at radius 2 is 2.16 bits per heavy atom. The smallest absolute Gasteiger partial charge is 0.225 e. The van der Waals surface area contributed by atoms with Crippen LogP contribution in [0.15, 0.2) is 24.5 Å². The zero-order valence-corrected chi connectivity index (χ0v) is 14.4. The second-order valence-electron chi connectivity index (χ2n) is 7.67. The number of rotatable bonds is 4. The van der Waals surface area contributed by atoms with Crippen LogP contribution >= 0.6 is 0 Å². The van der Waals surface area contributed by atoms with Crippen molar-refractivity contribution < 1.29 is 15.0 Å². The van der Waals surface area contributed by atoms with Crippen molar-refractivity contribution in [3.05, 3.63) is 30.1 Å². The highest BCUT2D eigenvalue weighted by atomic mass is 16.3. The number of hydrogen-bond acceptors (Lipinski definition) is 6. The van der Waals surface area contributed by atoms with Crippen molar-refractivity contribution in [1.29, 1.82) is 0 Å². The van der Waals surface area contributed by atoms with E-state index >= 15 is 0 Å². The fraction of sp³-hybridized carbons (Fsp3) is 0.667. The topological polar surface area (TPSA) is 80.1 Å². The summed E-state index contributed by atoms with van der Waals surface area (Å²) in [7, 11) is 0. The summed E-state index contributed by atoms with van der Waals surface area (Å²) in [5.74, 6) is 0.0220. The monoisotopic (exact) mass is 346 g/mol. The number of aromatic nitrogens is 1. The van der Waals surface area contributed by atoms with Gasteiger partial charge in [0.25, 0.3) is 0 Å². The Hall–Kier alpha value is -1.54. The summed E-state index contributed by atoms with van der Waals surface area (Å²) in [6, 6.07) is 4.39. The molecule has 0 saturated carbocycles. The van der Waals surface area contributed by atoms with Gasteiger partial charge in [0.1, 0.15) is 0 Å². The third-order valence-electron chi connectivity index (χ3n) is 5.77. The van der Waals surface area contributed by atoms with Crippen LogP contribution in [0.3, 0.4) is 0 Å². The molecule has 1 aromatic heterocycles. The average molecular weight is 346 g/mol. The Morgan fingerprint density at radius 3 is 2.88 bits per heavy atom. The van der Waals surface area contributed by atoms with Gasteiger partial charge in [-0.3, -0.25) is 19.6 Å². The quantitative estimate of drug-likeness (QED) is 0.750. The van der Waals surface area contributed by atoms with E-state index in [1.54, 1.807) is 6.20 Å². The summed E-state index contributed by atoms with van der Waals surface area (Å²) in [6.07, 6.45) is 4.41. The van der Waals surface area contributed by atoms with Gasteiger partial charge in [-0.1, -0.05) is 6.07 Å². The summed E-state index contributed by atoms with van der Waals surface area (Å²) in [6.45, 7) is 4.68. The fourth-order valence-corrected chi connectivity index (χ4v) is 4.76. The molecule has 3 saturated heterocycles. The first kappa shape index (κ1) is 16.9. The van der Waals surface area contributed by atoms with Gasteiger partial charge in [-0.05, 0) is 18.1 Å². The van der Waals surface area contributed by atoms with Gasteiger partial charge >= 0.3 is 0 Å². The van der Waals surface area contributed by atoms with Gasteiger partial charge in [-0.15, -0.1) is 0 Å². The van der Waals surface area contributed by atoms with Crippen LogP contribution < -0.4 is 0 Å². The first-order valence-electron chi connectivity index (χ1n) is 9.04. The average Bonchev–Trinajstić information content (AvgIpc) is 2.93. The van der Waals surface area contributed by atoms with Crippen molar-refractivity contribution in [1.82, 2.24) is 19.7 Å². The minimum absolute atomic E-state index is 0.0220. The van der Waals surface area contributed by atoms with Crippen LogP contribution in [0.25, 0.3) is 0 Å². The maximum absolute atomic E-state index is 12.1. The predicted octanol–water partition coefficient (Wildman–Crippen LogP) is -0.704. The largest absolute Gasteiger partial charge is 0.396 e. The van der Waals surface area contributed by atoms with Crippen molar-refractivity contribution in [3.8, 4) is 0 Å². The molecular formula is C18H26N4O3. The molecule has 3 aliphatic rings. The van der Waals surface area contributed by atoms with E-state index in [1.807, 2.05) is 17.2 Å². The second-order valence-corrected chi connectivity index (χ2v) is 7.67. The third kappa shape index (κ3) is 3.17. The first-order valence-corrected chi connectivity index (χ1v) is 9.04. The molecule has 1 spiro atoms. The van der Waals surface area contributed by atoms with Gasteiger partial charge < -0.3 is 15.1 Å². The summed E-state index contributed by atoms with van der Waals surface area (Å²) in [4.78, 5) is 23.0. The van der Waals surface area contributed by atoms with Gasteiger partial charge in [0.15, 0.2) is 0 Å². The second kappa shape index (κ2) is 6.64. The minimum Gasteiger partial charge on any atom is -0.396 e. The number of piperazine rings is 1. The maximum Gasteiger partial charge on any atom is 0.225 e. The van der Waals surface area contributed by atoms with Gasteiger partial charge in [0.2, 0.25) is 5.91 Å². The Balaban J connectivity index is 1.48. The van der Waals surface area contributed by atoms with E-state index in [4.69, 9.17) is 5.11 Å². The molecule has 7 heteroatoms. The fourth-order valence-electron chi connectivity index (χ4n) is 4.76. The van der Waals surface area contributed by atoms with E-state index in [2.05, 4.69) is 20.9 Å².